The van der Waals surface area contributed by atoms with Gasteiger partial charge in [0.15, 0.2) is 16.4 Å². The van der Waals surface area contributed by atoms with E-state index in [1.54, 1.807) is 24.3 Å². The molecule has 0 radical (unpaired) electrons. The molecule has 0 aliphatic carbocycles. The Morgan fingerprint density at radius 3 is 2.71 bits per heavy atom. The Labute approximate surface area is 140 Å². The SMILES string of the molecule is O=C(COC(=O)c1ccccc1NCCO)NC1CCS(=O)(=O)C1. The topological polar surface area (TPSA) is 122 Å². The molecule has 1 saturated heterocycles. The fourth-order valence-corrected chi connectivity index (χ4v) is 4.07. The van der Waals surface area contributed by atoms with Gasteiger partial charge in [0.05, 0.1) is 23.7 Å². The van der Waals surface area contributed by atoms with Crippen LogP contribution >= 0.6 is 0 Å². The van der Waals surface area contributed by atoms with Crippen molar-refractivity contribution in [3.8, 4) is 0 Å². The highest BCUT2D eigenvalue weighted by atomic mass is 32.2. The second-order valence-corrected chi connectivity index (χ2v) is 7.67. The number of sulfone groups is 1. The lowest BCUT2D eigenvalue weighted by atomic mass is 10.2. The van der Waals surface area contributed by atoms with Gasteiger partial charge in [0, 0.05) is 18.3 Å². The molecule has 1 aromatic rings. The van der Waals surface area contributed by atoms with Crippen LogP contribution in [0.5, 0.6) is 0 Å². The number of aliphatic hydroxyl groups excluding tert-OH is 1. The number of para-hydroxylation sites is 1. The molecule has 24 heavy (non-hydrogen) atoms. The van der Waals surface area contributed by atoms with Crippen LogP contribution in [-0.4, -0.2) is 62.7 Å². The minimum absolute atomic E-state index is 0.0572. The molecule has 0 bridgehead atoms. The largest absolute Gasteiger partial charge is 0.452 e. The molecule has 1 aromatic carbocycles. The molecule has 2 rings (SSSR count). The van der Waals surface area contributed by atoms with Crippen LogP contribution in [0.1, 0.15) is 16.8 Å². The monoisotopic (exact) mass is 356 g/mol. The summed E-state index contributed by atoms with van der Waals surface area (Å²) >= 11 is 0. The van der Waals surface area contributed by atoms with Crippen LogP contribution in [0.2, 0.25) is 0 Å². The van der Waals surface area contributed by atoms with Crippen molar-refractivity contribution in [2.45, 2.75) is 12.5 Å². The lowest BCUT2D eigenvalue weighted by molar-refractivity contribution is -0.124. The van der Waals surface area contributed by atoms with Gasteiger partial charge in [0.25, 0.3) is 5.91 Å². The zero-order chi connectivity index (χ0) is 17.6. The minimum Gasteiger partial charge on any atom is -0.452 e. The number of carbonyl (C=O) groups is 2. The Bertz CT molecular complexity index is 704. The average molecular weight is 356 g/mol. The first-order valence-electron chi connectivity index (χ1n) is 7.52. The number of esters is 1. The molecule has 132 valence electrons. The number of ether oxygens (including phenoxy) is 1. The molecule has 1 atom stereocenters. The number of hydrogen-bond acceptors (Lipinski definition) is 7. The lowest BCUT2D eigenvalue weighted by Crippen LogP contribution is -2.38. The predicted molar refractivity (Wildman–Crippen MR) is 87.5 cm³/mol. The Balaban J connectivity index is 1.86. The van der Waals surface area contributed by atoms with Crippen molar-refractivity contribution < 1.29 is 27.9 Å². The second-order valence-electron chi connectivity index (χ2n) is 5.44. The zero-order valence-corrected chi connectivity index (χ0v) is 13.8. The van der Waals surface area contributed by atoms with Crippen LogP contribution in [-0.2, 0) is 19.4 Å². The first-order valence-corrected chi connectivity index (χ1v) is 9.34. The van der Waals surface area contributed by atoms with Crippen molar-refractivity contribution in [1.29, 1.82) is 0 Å². The van der Waals surface area contributed by atoms with E-state index in [0.29, 0.717) is 12.1 Å². The molecule has 1 aliphatic rings. The molecule has 0 spiro atoms. The van der Waals surface area contributed by atoms with Gasteiger partial charge in [-0.15, -0.1) is 0 Å². The van der Waals surface area contributed by atoms with E-state index in [-0.39, 0.29) is 30.2 Å². The third kappa shape index (κ3) is 5.20. The third-order valence-corrected chi connectivity index (χ3v) is 5.27. The fraction of sp³-hybridized carbons (Fsp3) is 0.467. The molecule has 8 nitrogen and oxygen atoms in total. The van der Waals surface area contributed by atoms with Gasteiger partial charge < -0.3 is 20.5 Å². The molecule has 3 N–H and O–H groups in total. The van der Waals surface area contributed by atoms with E-state index in [2.05, 4.69) is 10.6 Å². The van der Waals surface area contributed by atoms with Crippen LogP contribution in [0.15, 0.2) is 24.3 Å². The number of benzene rings is 1. The summed E-state index contributed by atoms with van der Waals surface area (Å²) in [6, 6.07) is 6.16. The molecular weight excluding hydrogens is 336 g/mol. The molecule has 1 fully saturated rings. The van der Waals surface area contributed by atoms with Gasteiger partial charge in [-0.3, -0.25) is 4.79 Å². The molecular formula is C15H20N2O6S. The molecule has 1 unspecified atom stereocenters. The van der Waals surface area contributed by atoms with Crippen molar-refractivity contribution >= 4 is 27.4 Å². The van der Waals surface area contributed by atoms with Crippen molar-refractivity contribution in [3.63, 3.8) is 0 Å². The van der Waals surface area contributed by atoms with Gasteiger partial charge in [-0.1, -0.05) is 12.1 Å². The lowest BCUT2D eigenvalue weighted by Gasteiger charge is -2.13. The highest BCUT2D eigenvalue weighted by molar-refractivity contribution is 7.91. The van der Waals surface area contributed by atoms with Crippen LogP contribution in [0.25, 0.3) is 0 Å². The summed E-state index contributed by atoms with van der Waals surface area (Å²) in [6.45, 7) is -0.291. The van der Waals surface area contributed by atoms with E-state index in [1.165, 1.54) is 0 Å². The van der Waals surface area contributed by atoms with Gasteiger partial charge >= 0.3 is 5.97 Å². The van der Waals surface area contributed by atoms with Crippen LogP contribution < -0.4 is 10.6 Å². The first-order chi connectivity index (χ1) is 11.4. The van der Waals surface area contributed by atoms with Crippen molar-refractivity contribution in [3.05, 3.63) is 29.8 Å². The van der Waals surface area contributed by atoms with Gasteiger partial charge in [-0.2, -0.15) is 0 Å². The Morgan fingerprint density at radius 1 is 1.29 bits per heavy atom. The number of carbonyl (C=O) groups excluding carboxylic acids is 2. The van der Waals surface area contributed by atoms with Crippen LogP contribution in [0, 0.1) is 0 Å². The maximum absolute atomic E-state index is 12.1. The van der Waals surface area contributed by atoms with Crippen molar-refractivity contribution in [1.82, 2.24) is 5.32 Å². The van der Waals surface area contributed by atoms with E-state index < -0.39 is 34.4 Å². The normalized spacial score (nSPS) is 18.8. The fourth-order valence-electron chi connectivity index (χ4n) is 2.39. The number of anilines is 1. The van der Waals surface area contributed by atoms with E-state index in [1.807, 2.05) is 0 Å². The number of rotatable bonds is 7. The summed E-state index contributed by atoms with van der Waals surface area (Å²) in [5.74, 6) is -1.24. The second kappa shape index (κ2) is 8.11. The number of aliphatic hydroxyl groups is 1. The summed E-state index contributed by atoms with van der Waals surface area (Å²) in [5.41, 5.74) is 0.751. The van der Waals surface area contributed by atoms with Gasteiger partial charge in [0.1, 0.15) is 0 Å². The Hall–Kier alpha value is -2.13. The summed E-state index contributed by atoms with van der Waals surface area (Å²) in [5, 5.41) is 14.3. The highest BCUT2D eigenvalue weighted by Gasteiger charge is 2.29. The van der Waals surface area contributed by atoms with E-state index in [4.69, 9.17) is 9.84 Å². The zero-order valence-electron chi connectivity index (χ0n) is 13.0. The van der Waals surface area contributed by atoms with Crippen molar-refractivity contribution in [2.75, 3.05) is 36.6 Å². The molecule has 1 heterocycles. The molecule has 0 saturated carbocycles. The summed E-state index contributed by atoms with van der Waals surface area (Å²) < 4.78 is 27.6. The smallest absolute Gasteiger partial charge is 0.340 e. The van der Waals surface area contributed by atoms with Crippen LogP contribution in [0.3, 0.4) is 0 Å². The number of nitrogens with one attached hydrogen (secondary N) is 2. The standard InChI is InChI=1S/C15H20N2O6S/c18-7-6-16-13-4-2-1-3-12(13)15(20)23-9-14(19)17-11-5-8-24(21,22)10-11/h1-4,11,16,18H,5-10H2,(H,17,19). The number of hydrogen-bond donors (Lipinski definition) is 3. The van der Waals surface area contributed by atoms with E-state index in [9.17, 15) is 18.0 Å². The summed E-state index contributed by atoms with van der Waals surface area (Å²) in [7, 11) is -3.08. The van der Waals surface area contributed by atoms with Gasteiger partial charge in [-0.25, -0.2) is 13.2 Å². The van der Waals surface area contributed by atoms with E-state index >= 15 is 0 Å². The summed E-state index contributed by atoms with van der Waals surface area (Å²) in [4.78, 5) is 23.8. The molecule has 0 aromatic heterocycles. The minimum atomic E-state index is -3.08. The molecule has 1 amide bonds. The first kappa shape index (κ1) is 18.2. The molecule has 1 aliphatic heterocycles. The molecule has 9 heteroatoms. The number of amides is 1. The highest BCUT2D eigenvalue weighted by Crippen LogP contribution is 2.16. The van der Waals surface area contributed by atoms with E-state index in [0.717, 1.165) is 0 Å². The van der Waals surface area contributed by atoms with Crippen LogP contribution in [0.4, 0.5) is 5.69 Å². The van der Waals surface area contributed by atoms with Gasteiger partial charge in [-0.05, 0) is 18.6 Å². The third-order valence-electron chi connectivity index (χ3n) is 3.51. The Kier molecular flexibility index (Phi) is 6.16. The Morgan fingerprint density at radius 2 is 2.04 bits per heavy atom. The predicted octanol–water partition coefficient (Wildman–Crippen LogP) is -0.449. The quantitative estimate of drug-likeness (QED) is 0.566. The maximum Gasteiger partial charge on any atom is 0.340 e. The van der Waals surface area contributed by atoms with Gasteiger partial charge in [0.2, 0.25) is 0 Å². The van der Waals surface area contributed by atoms with Crippen molar-refractivity contribution in [2.24, 2.45) is 0 Å². The maximum atomic E-state index is 12.1. The average Bonchev–Trinajstić information content (AvgIpc) is 2.89. The summed E-state index contributed by atoms with van der Waals surface area (Å²) in [6.07, 6.45) is 0.371.